The lowest BCUT2D eigenvalue weighted by Gasteiger charge is -2.09. The minimum atomic E-state index is -0.977. The van der Waals surface area contributed by atoms with Gasteiger partial charge in [-0.3, -0.25) is 4.68 Å². The zero-order chi connectivity index (χ0) is 14.8. The minimum Gasteiger partial charge on any atom is -0.478 e. The Bertz CT molecular complexity index is 810. The molecule has 1 aromatic carbocycles. The monoisotopic (exact) mass is 282 g/mol. The van der Waals surface area contributed by atoms with Gasteiger partial charge >= 0.3 is 5.97 Å². The number of carbonyl (C=O) groups is 1. The van der Waals surface area contributed by atoms with E-state index in [0.717, 1.165) is 11.1 Å². The fraction of sp³-hybridized carbons (Fsp3) is 0.133. The van der Waals surface area contributed by atoms with Crippen LogP contribution in [0.1, 0.15) is 16.1 Å². The van der Waals surface area contributed by atoms with Crippen LogP contribution in [0.3, 0.4) is 0 Å². The summed E-state index contributed by atoms with van der Waals surface area (Å²) in [5.41, 5.74) is 1.10. The van der Waals surface area contributed by atoms with Gasteiger partial charge in [-0.2, -0.15) is 5.10 Å². The third kappa shape index (κ3) is 2.55. The summed E-state index contributed by atoms with van der Waals surface area (Å²) < 4.78 is 1.73. The summed E-state index contributed by atoms with van der Waals surface area (Å²) in [4.78, 5) is 15.5. The maximum absolute atomic E-state index is 11.2. The highest BCUT2D eigenvalue weighted by atomic mass is 16.4. The number of carboxylic acid groups (broad SMARTS) is 1. The smallest absolute Gasteiger partial charge is 0.337 e. The second-order valence-electron chi connectivity index (χ2n) is 4.71. The number of nitrogens with zero attached hydrogens (tertiary/aromatic N) is 3. The molecule has 0 aliphatic heterocycles. The van der Waals surface area contributed by atoms with Crippen LogP contribution in [-0.4, -0.2) is 25.8 Å². The highest BCUT2D eigenvalue weighted by Gasteiger charge is 2.12. The molecule has 0 aliphatic rings. The summed E-state index contributed by atoms with van der Waals surface area (Å²) in [5, 5.41) is 18.2. The number of pyridine rings is 1. The number of carboxylic acids is 1. The second kappa shape index (κ2) is 5.24. The SMILES string of the molecule is Cn1ccc(CNc2ncc(C(=O)O)c3ccccc23)n1. The van der Waals surface area contributed by atoms with E-state index in [1.54, 1.807) is 10.7 Å². The molecule has 3 aromatic rings. The van der Waals surface area contributed by atoms with Crippen molar-refractivity contribution >= 4 is 22.6 Å². The first-order chi connectivity index (χ1) is 10.1. The number of aromatic carboxylic acids is 1. The molecular weight excluding hydrogens is 268 g/mol. The summed E-state index contributed by atoms with van der Waals surface area (Å²) in [5.74, 6) is -0.323. The largest absolute Gasteiger partial charge is 0.478 e. The normalized spacial score (nSPS) is 10.7. The number of rotatable bonds is 4. The molecular formula is C15H14N4O2. The van der Waals surface area contributed by atoms with Crippen LogP contribution < -0.4 is 5.32 Å². The number of anilines is 1. The van der Waals surface area contributed by atoms with Crippen LogP contribution in [0.25, 0.3) is 10.8 Å². The molecule has 0 unspecified atom stereocenters. The van der Waals surface area contributed by atoms with E-state index < -0.39 is 5.97 Å². The van der Waals surface area contributed by atoms with Crippen LogP contribution in [-0.2, 0) is 13.6 Å². The van der Waals surface area contributed by atoms with Gasteiger partial charge in [0.15, 0.2) is 0 Å². The number of aryl methyl sites for hydroxylation is 1. The minimum absolute atomic E-state index is 0.203. The van der Waals surface area contributed by atoms with E-state index in [-0.39, 0.29) is 5.56 Å². The molecule has 0 spiro atoms. The zero-order valence-electron chi connectivity index (χ0n) is 11.4. The summed E-state index contributed by atoms with van der Waals surface area (Å²) in [6.07, 6.45) is 3.25. The molecule has 0 saturated carbocycles. The molecule has 0 amide bonds. The Hall–Kier alpha value is -2.89. The van der Waals surface area contributed by atoms with Crippen molar-refractivity contribution in [3.05, 3.63) is 54.0 Å². The van der Waals surface area contributed by atoms with E-state index in [1.165, 1.54) is 6.20 Å². The quantitative estimate of drug-likeness (QED) is 0.767. The van der Waals surface area contributed by atoms with Gasteiger partial charge in [-0.25, -0.2) is 9.78 Å². The van der Waals surface area contributed by atoms with E-state index in [4.69, 9.17) is 0 Å². The fourth-order valence-corrected chi connectivity index (χ4v) is 2.24. The van der Waals surface area contributed by atoms with Gasteiger partial charge in [0.05, 0.1) is 17.8 Å². The Kier molecular flexibility index (Phi) is 3.27. The van der Waals surface area contributed by atoms with E-state index in [9.17, 15) is 9.90 Å². The molecule has 2 N–H and O–H groups in total. The second-order valence-corrected chi connectivity index (χ2v) is 4.71. The molecule has 2 aromatic heterocycles. The first-order valence-electron chi connectivity index (χ1n) is 6.48. The predicted octanol–water partition coefficient (Wildman–Crippen LogP) is 2.28. The maximum atomic E-state index is 11.2. The molecule has 0 radical (unpaired) electrons. The van der Waals surface area contributed by atoms with Crippen LogP contribution in [0.5, 0.6) is 0 Å². The number of hydrogen-bond acceptors (Lipinski definition) is 4. The number of fused-ring (bicyclic) bond motifs is 1. The Morgan fingerprint density at radius 2 is 2.05 bits per heavy atom. The van der Waals surface area contributed by atoms with Crippen LogP contribution in [0, 0.1) is 0 Å². The number of nitrogens with one attached hydrogen (secondary N) is 1. The molecule has 0 atom stereocenters. The van der Waals surface area contributed by atoms with Crippen LogP contribution in [0.2, 0.25) is 0 Å². The lowest BCUT2D eigenvalue weighted by molar-refractivity contribution is 0.0698. The van der Waals surface area contributed by atoms with Crippen molar-refractivity contribution in [2.75, 3.05) is 5.32 Å². The van der Waals surface area contributed by atoms with E-state index in [1.807, 2.05) is 37.5 Å². The van der Waals surface area contributed by atoms with Gasteiger partial charge in [0.1, 0.15) is 5.82 Å². The Morgan fingerprint density at radius 3 is 2.71 bits per heavy atom. The molecule has 0 fully saturated rings. The van der Waals surface area contributed by atoms with Crippen LogP contribution in [0.15, 0.2) is 42.7 Å². The number of aromatic nitrogens is 3. The molecule has 6 nitrogen and oxygen atoms in total. The van der Waals surface area contributed by atoms with Gasteiger partial charge in [0.2, 0.25) is 0 Å². The summed E-state index contributed by atoms with van der Waals surface area (Å²) in [6.45, 7) is 0.532. The standard InChI is InChI=1S/C15H14N4O2/c1-19-7-6-10(18-19)8-16-14-12-5-3-2-4-11(12)13(9-17-14)15(20)21/h2-7,9H,8H2,1H3,(H,16,17)(H,20,21). The first kappa shape index (κ1) is 13.1. The average Bonchev–Trinajstić information content (AvgIpc) is 2.90. The Morgan fingerprint density at radius 1 is 1.29 bits per heavy atom. The molecule has 106 valence electrons. The van der Waals surface area contributed by atoms with E-state index >= 15 is 0 Å². The van der Waals surface area contributed by atoms with E-state index in [0.29, 0.717) is 17.7 Å². The highest BCUT2D eigenvalue weighted by molar-refractivity contribution is 6.06. The Labute approximate surface area is 121 Å². The summed E-state index contributed by atoms with van der Waals surface area (Å²) >= 11 is 0. The highest BCUT2D eigenvalue weighted by Crippen LogP contribution is 2.24. The topological polar surface area (TPSA) is 80.0 Å². The lowest BCUT2D eigenvalue weighted by atomic mass is 10.1. The number of hydrogen-bond donors (Lipinski definition) is 2. The van der Waals surface area contributed by atoms with Crippen molar-refractivity contribution in [2.24, 2.45) is 7.05 Å². The molecule has 21 heavy (non-hydrogen) atoms. The van der Waals surface area contributed by atoms with Gasteiger partial charge in [0, 0.05) is 30.2 Å². The molecule has 2 heterocycles. The third-order valence-electron chi connectivity index (χ3n) is 3.23. The summed E-state index contributed by atoms with van der Waals surface area (Å²) in [6, 6.07) is 9.24. The van der Waals surface area contributed by atoms with Gasteiger partial charge in [0.25, 0.3) is 0 Å². The lowest BCUT2D eigenvalue weighted by Crippen LogP contribution is -2.06. The summed E-state index contributed by atoms with van der Waals surface area (Å²) in [7, 11) is 1.86. The molecule has 3 rings (SSSR count). The zero-order valence-corrected chi connectivity index (χ0v) is 11.4. The third-order valence-corrected chi connectivity index (χ3v) is 3.23. The first-order valence-corrected chi connectivity index (χ1v) is 6.48. The molecule has 0 bridgehead atoms. The fourth-order valence-electron chi connectivity index (χ4n) is 2.24. The van der Waals surface area contributed by atoms with Gasteiger partial charge < -0.3 is 10.4 Å². The molecule has 0 saturated heterocycles. The van der Waals surface area contributed by atoms with Crippen molar-refractivity contribution in [3.63, 3.8) is 0 Å². The average molecular weight is 282 g/mol. The van der Waals surface area contributed by atoms with Crippen molar-refractivity contribution in [2.45, 2.75) is 6.54 Å². The van der Waals surface area contributed by atoms with Gasteiger partial charge in [-0.15, -0.1) is 0 Å². The molecule has 6 heteroatoms. The predicted molar refractivity (Wildman–Crippen MR) is 79.2 cm³/mol. The van der Waals surface area contributed by atoms with Gasteiger partial charge in [-0.05, 0) is 6.07 Å². The molecule has 0 aliphatic carbocycles. The Balaban J connectivity index is 1.96. The number of benzene rings is 1. The van der Waals surface area contributed by atoms with E-state index in [2.05, 4.69) is 15.4 Å². The van der Waals surface area contributed by atoms with Crippen molar-refractivity contribution in [3.8, 4) is 0 Å². The van der Waals surface area contributed by atoms with Gasteiger partial charge in [-0.1, -0.05) is 24.3 Å². The van der Waals surface area contributed by atoms with Crippen molar-refractivity contribution in [1.29, 1.82) is 0 Å². The van der Waals surface area contributed by atoms with Crippen LogP contribution in [0.4, 0.5) is 5.82 Å². The van der Waals surface area contributed by atoms with Crippen molar-refractivity contribution < 1.29 is 9.90 Å². The maximum Gasteiger partial charge on any atom is 0.337 e. The van der Waals surface area contributed by atoms with Crippen LogP contribution >= 0.6 is 0 Å². The van der Waals surface area contributed by atoms with Crippen molar-refractivity contribution in [1.82, 2.24) is 14.8 Å².